The first-order valence-electron chi connectivity index (χ1n) is 11.9. The summed E-state index contributed by atoms with van der Waals surface area (Å²) in [5.41, 5.74) is 8.41. The van der Waals surface area contributed by atoms with E-state index in [0.29, 0.717) is 3.93 Å². The van der Waals surface area contributed by atoms with Crippen molar-refractivity contribution in [1.29, 1.82) is 0 Å². The Hall–Kier alpha value is -2.84. The van der Waals surface area contributed by atoms with Crippen molar-refractivity contribution >= 4 is 38.1 Å². The van der Waals surface area contributed by atoms with Crippen LogP contribution in [0.2, 0.25) is 3.93 Å². The van der Waals surface area contributed by atoms with Crippen LogP contribution in [-0.2, 0) is 0 Å². The first-order valence-corrected chi connectivity index (χ1v) is 16.4. The van der Waals surface area contributed by atoms with Crippen LogP contribution >= 0.6 is 0 Å². The molecule has 33 heavy (non-hydrogen) atoms. The van der Waals surface area contributed by atoms with Gasteiger partial charge in [0, 0.05) is 0 Å². The van der Waals surface area contributed by atoms with Crippen LogP contribution in [0.5, 0.6) is 0 Å². The molecule has 1 radical (unpaired) electrons. The standard InChI is InChI=1S/C28H20.C4H9.Sn/c1-5-13-23(14-6-1)21-27(25-17-9-3-10-18-25)28(26-19-11-4-12-20-26)22-24-15-7-2-8-16-24;1-3-4-2;/h1-20H;3H,4H2,1-2H3;. The second-order valence-electron chi connectivity index (χ2n) is 8.69. The van der Waals surface area contributed by atoms with Crippen LogP contribution in [0.3, 0.4) is 0 Å². The van der Waals surface area contributed by atoms with E-state index in [0.717, 1.165) is 0 Å². The second kappa shape index (κ2) is 9.97. The third-order valence-electron chi connectivity index (χ3n) is 6.64. The Kier molecular flexibility index (Phi) is 6.64. The predicted molar refractivity (Wildman–Crippen MR) is 145 cm³/mol. The van der Waals surface area contributed by atoms with Crippen LogP contribution in [0.4, 0.5) is 0 Å². The quantitative estimate of drug-likeness (QED) is 0.218. The maximum absolute atomic E-state index is 2.50. The van der Waals surface area contributed by atoms with Gasteiger partial charge in [-0.05, 0) is 0 Å². The van der Waals surface area contributed by atoms with E-state index >= 15 is 0 Å². The molecular weight excluding hydrogens is 503 g/mol. The van der Waals surface area contributed by atoms with Gasteiger partial charge in [-0.15, -0.1) is 0 Å². The van der Waals surface area contributed by atoms with Gasteiger partial charge in [0.1, 0.15) is 0 Å². The molecule has 5 rings (SSSR count). The minimum atomic E-state index is -2.34. The van der Waals surface area contributed by atoms with E-state index < -0.39 is 19.8 Å². The van der Waals surface area contributed by atoms with Crippen LogP contribution in [0.25, 0.3) is 18.3 Å². The molecule has 1 aliphatic heterocycles. The molecule has 0 N–H and O–H groups in total. The fourth-order valence-corrected chi connectivity index (χ4v) is 15.4. The fourth-order valence-electron chi connectivity index (χ4n) is 4.94. The van der Waals surface area contributed by atoms with Crippen LogP contribution in [0.15, 0.2) is 121 Å². The van der Waals surface area contributed by atoms with Crippen molar-refractivity contribution in [3.05, 3.63) is 144 Å². The molecule has 1 heterocycles. The average molecular weight is 532 g/mol. The molecule has 0 saturated carbocycles. The third-order valence-corrected chi connectivity index (χ3v) is 16.8. The van der Waals surface area contributed by atoms with Crippen LogP contribution in [-0.4, -0.2) is 19.8 Å². The summed E-state index contributed by atoms with van der Waals surface area (Å²) in [7, 11) is 0. The Labute approximate surface area is 205 Å². The zero-order valence-electron chi connectivity index (χ0n) is 19.3. The molecule has 4 aromatic carbocycles. The molecule has 0 spiro atoms. The van der Waals surface area contributed by atoms with Gasteiger partial charge in [-0.2, -0.15) is 0 Å². The van der Waals surface area contributed by atoms with Crippen molar-refractivity contribution in [1.82, 2.24) is 0 Å². The van der Waals surface area contributed by atoms with E-state index in [2.05, 4.69) is 135 Å². The van der Waals surface area contributed by atoms with E-state index in [9.17, 15) is 0 Å². The van der Waals surface area contributed by atoms with E-state index in [4.69, 9.17) is 0 Å². The van der Waals surface area contributed by atoms with Crippen molar-refractivity contribution < 1.29 is 0 Å². The summed E-state index contributed by atoms with van der Waals surface area (Å²) in [5.74, 6) is 0. The second-order valence-corrected chi connectivity index (χ2v) is 16.7. The number of hydrogen-bond donors (Lipinski definition) is 0. The zero-order chi connectivity index (χ0) is 22.6. The van der Waals surface area contributed by atoms with E-state index in [1.54, 1.807) is 7.18 Å². The molecule has 0 aliphatic carbocycles. The summed E-state index contributed by atoms with van der Waals surface area (Å²) in [5, 5.41) is 0. The molecule has 1 atom stereocenters. The summed E-state index contributed by atoms with van der Waals surface area (Å²) in [6.45, 7) is 4.86. The van der Waals surface area contributed by atoms with Crippen molar-refractivity contribution in [3.63, 3.8) is 0 Å². The molecule has 161 valence electrons. The number of hydrogen-bond acceptors (Lipinski definition) is 0. The first kappa shape index (κ1) is 22.0. The van der Waals surface area contributed by atoms with Crippen LogP contribution in [0, 0.1) is 0 Å². The molecule has 0 bridgehead atoms. The summed E-state index contributed by atoms with van der Waals surface area (Å²) < 4.78 is 4.00. The Morgan fingerprint density at radius 3 is 1.09 bits per heavy atom. The number of allylic oxidation sites excluding steroid dienone is 2. The van der Waals surface area contributed by atoms with Gasteiger partial charge >= 0.3 is 206 Å². The van der Waals surface area contributed by atoms with Crippen LogP contribution < -0.4 is 0 Å². The maximum atomic E-state index is 2.50. The van der Waals surface area contributed by atoms with Gasteiger partial charge in [-0.1, -0.05) is 0 Å². The zero-order valence-corrected chi connectivity index (χ0v) is 22.2. The number of benzene rings is 4. The van der Waals surface area contributed by atoms with Crippen molar-refractivity contribution in [2.24, 2.45) is 0 Å². The van der Waals surface area contributed by atoms with Crippen LogP contribution in [0.1, 0.15) is 42.5 Å². The first-order chi connectivity index (χ1) is 16.3. The van der Waals surface area contributed by atoms with Gasteiger partial charge in [0.05, 0.1) is 0 Å². The Morgan fingerprint density at radius 1 is 0.485 bits per heavy atom. The van der Waals surface area contributed by atoms with Gasteiger partial charge < -0.3 is 0 Å². The van der Waals surface area contributed by atoms with Crippen molar-refractivity contribution in [3.8, 4) is 0 Å². The van der Waals surface area contributed by atoms with E-state index in [-0.39, 0.29) is 0 Å². The van der Waals surface area contributed by atoms with Gasteiger partial charge in [0.2, 0.25) is 0 Å². The summed E-state index contributed by atoms with van der Waals surface area (Å²) >= 11 is -2.34. The molecular formula is C32H29Sn. The molecule has 0 nitrogen and oxygen atoms in total. The molecule has 1 aliphatic rings. The molecule has 0 saturated heterocycles. The van der Waals surface area contributed by atoms with Gasteiger partial charge in [-0.3, -0.25) is 0 Å². The van der Waals surface area contributed by atoms with E-state index in [1.807, 2.05) is 0 Å². The molecule has 0 aromatic heterocycles. The minimum absolute atomic E-state index is 0.706. The van der Waals surface area contributed by atoms with Gasteiger partial charge in [-0.25, -0.2) is 0 Å². The molecule has 4 aromatic rings. The topological polar surface area (TPSA) is 0 Å². The SMILES string of the molecule is CC[CH](C)[Sn]1[C](c2ccccc2)=C(c2ccccc2)C(c2ccccc2)=[C]1c1ccccc1. The van der Waals surface area contributed by atoms with E-state index in [1.165, 1.54) is 39.8 Å². The number of rotatable bonds is 6. The molecule has 0 fully saturated rings. The summed E-state index contributed by atoms with van der Waals surface area (Å²) in [4.78, 5) is 0. The monoisotopic (exact) mass is 533 g/mol. The summed E-state index contributed by atoms with van der Waals surface area (Å²) in [6.07, 6.45) is 1.21. The fraction of sp³-hybridized carbons (Fsp3) is 0.125. The average Bonchev–Trinajstić information content (AvgIpc) is 3.26. The normalized spacial score (nSPS) is 15.2. The third kappa shape index (κ3) is 4.25. The molecule has 1 unspecified atom stereocenters. The van der Waals surface area contributed by atoms with Gasteiger partial charge in [0.25, 0.3) is 0 Å². The van der Waals surface area contributed by atoms with Gasteiger partial charge in [0.15, 0.2) is 0 Å². The Morgan fingerprint density at radius 2 is 0.788 bits per heavy atom. The Balaban J connectivity index is 1.92. The Bertz CT molecular complexity index is 1170. The molecule has 1 heteroatoms. The van der Waals surface area contributed by atoms with Crippen molar-refractivity contribution in [2.75, 3.05) is 0 Å². The predicted octanol–water partition coefficient (Wildman–Crippen LogP) is 8.60. The van der Waals surface area contributed by atoms with Crippen molar-refractivity contribution in [2.45, 2.75) is 24.2 Å². The summed E-state index contributed by atoms with van der Waals surface area (Å²) in [6, 6.07) is 44.6. The molecule has 0 amide bonds.